The Hall–Kier alpha value is -4.94. The molecule has 0 radical (unpaired) electrons. The Bertz CT molecular complexity index is 1620. The molecule has 0 aliphatic carbocycles. The monoisotopic (exact) mass is 550 g/mol. The van der Waals surface area contributed by atoms with Gasteiger partial charge in [0, 0.05) is 55.9 Å². The third-order valence-corrected chi connectivity index (χ3v) is 6.52. The number of urea groups is 1. The van der Waals surface area contributed by atoms with Gasteiger partial charge in [-0.3, -0.25) is 19.3 Å². The maximum Gasteiger partial charge on any atom is 0.416 e. The summed E-state index contributed by atoms with van der Waals surface area (Å²) >= 11 is 0. The van der Waals surface area contributed by atoms with Crippen LogP contribution in [0.4, 0.5) is 46.9 Å². The van der Waals surface area contributed by atoms with Crippen LogP contribution in [-0.4, -0.2) is 45.8 Å². The number of hydrogen-bond donors (Lipinski definition) is 1. The SMILES string of the molecule is Cc1cc(Nc2ncc3c(n2)N(C)C(=O)N(c2cccc(N(C)C(=O)c4cccc(C(F)(F)F)c4)c2)C3)n(C)n1. The summed E-state index contributed by atoms with van der Waals surface area (Å²) in [6.07, 6.45) is -2.93. The minimum atomic E-state index is -4.57. The second-order valence-corrected chi connectivity index (χ2v) is 9.35. The van der Waals surface area contributed by atoms with Gasteiger partial charge in [0.05, 0.1) is 17.8 Å². The lowest BCUT2D eigenvalue weighted by Crippen LogP contribution is -2.46. The van der Waals surface area contributed by atoms with E-state index in [0.717, 1.165) is 17.8 Å². The van der Waals surface area contributed by atoms with Gasteiger partial charge in [-0.15, -0.1) is 0 Å². The van der Waals surface area contributed by atoms with Gasteiger partial charge in [0.2, 0.25) is 5.95 Å². The summed E-state index contributed by atoms with van der Waals surface area (Å²) in [4.78, 5) is 39.4. The molecule has 4 aromatic rings. The zero-order chi connectivity index (χ0) is 28.8. The largest absolute Gasteiger partial charge is 0.416 e. The number of nitrogens with zero attached hydrogens (tertiary/aromatic N) is 7. The Morgan fingerprint density at radius 2 is 1.82 bits per heavy atom. The zero-order valence-electron chi connectivity index (χ0n) is 22.1. The van der Waals surface area contributed by atoms with E-state index in [1.54, 1.807) is 49.2 Å². The molecule has 1 N–H and O–H groups in total. The van der Waals surface area contributed by atoms with Crippen LogP contribution < -0.4 is 20.0 Å². The number of benzene rings is 2. The van der Waals surface area contributed by atoms with E-state index in [1.807, 2.05) is 13.0 Å². The Morgan fingerprint density at radius 1 is 1.07 bits per heavy atom. The predicted molar refractivity (Wildman–Crippen MR) is 144 cm³/mol. The van der Waals surface area contributed by atoms with E-state index in [-0.39, 0.29) is 18.1 Å². The molecule has 3 heterocycles. The molecule has 0 fully saturated rings. The lowest BCUT2D eigenvalue weighted by Gasteiger charge is -2.34. The lowest BCUT2D eigenvalue weighted by atomic mass is 10.1. The molecule has 0 unspecified atom stereocenters. The number of amides is 3. The van der Waals surface area contributed by atoms with Crippen molar-refractivity contribution in [2.45, 2.75) is 19.6 Å². The smallest absolute Gasteiger partial charge is 0.311 e. The molecule has 206 valence electrons. The molecule has 1 aliphatic rings. The third kappa shape index (κ3) is 5.05. The number of halogens is 3. The molecule has 0 atom stereocenters. The van der Waals surface area contributed by atoms with E-state index in [1.165, 1.54) is 33.9 Å². The molecule has 40 heavy (non-hydrogen) atoms. The molecule has 10 nitrogen and oxygen atoms in total. The molecule has 1 aliphatic heterocycles. The van der Waals surface area contributed by atoms with Crippen LogP contribution in [0.3, 0.4) is 0 Å². The van der Waals surface area contributed by atoms with E-state index in [9.17, 15) is 22.8 Å². The summed E-state index contributed by atoms with van der Waals surface area (Å²) in [5, 5.41) is 7.39. The number of fused-ring (bicyclic) bond motifs is 1. The van der Waals surface area contributed by atoms with Crippen molar-refractivity contribution in [2.75, 3.05) is 34.1 Å². The number of anilines is 5. The fourth-order valence-electron chi connectivity index (χ4n) is 4.42. The van der Waals surface area contributed by atoms with Gasteiger partial charge in [-0.1, -0.05) is 12.1 Å². The highest BCUT2D eigenvalue weighted by molar-refractivity contribution is 6.07. The van der Waals surface area contributed by atoms with E-state index in [4.69, 9.17) is 0 Å². The molecule has 2 aromatic carbocycles. The van der Waals surface area contributed by atoms with Crippen LogP contribution in [-0.2, 0) is 19.8 Å². The first-order valence-corrected chi connectivity index (χ1v) is 12.2. The lowest BCUT2D eigenvalue weighted by molar-refractivity contribution is -0.137. The summed E-state index contributed by atoms with van der Waals surface area (Å²) in [6, 6.07) is 12.4. The number of hydrogen-bond acceptors (Lipinski definition) is 6. The van der Waals surface area contributed by atoms with Crippen LogP contribution in [0.15, 0.2) is 60.8 Å². The normalized spacial score (nSPS) is 13.3. The van der Waals surface area contributed by atoms with Gasteiger partial charge in [0.25, 0.3) is 5.91 Å². The summed E-state index contributed by atoms with van der Waals surface area (Å²) < 4.78 is 41.1. The van der Waals surface area contributed by atoms with Crippen molar-refractivity contribution in [3.63, 3.8) is 0 Å². The van der Waals surface area contributed by atoms with Gasteiger partial charge in [0.1, 0.15) is 11.6 Å². The van der Waals surface area contributed by atoms with Crippen LogP contribution in [0.1, 0.15) is 27.2 Å². The van der Waals surface area contributed by atoms with Crippen molar-refractivity contribution in [1.29, 1.82) is 0 Å². The number of carbonyl (C=O) groups excluding carboxylic acids is 2. The number of nitrogens with one attached hydrogen (secondary N) is 1. The summed E-state index contributed by atoms with van der Waals surface area (Å²) in [5.41, 5.74) is 1.42. The second-order valence-electron chi connectivity index (χ2n) is 9.35. The van der Waals surface area contributed by atoms with Gasteiger partial charge < -0.3 is 10.2 Å². The highest BCUT2D eigenvalue weighted by atomic mass is 19.4. The van der Waals surface area contributed by atoms with E-state index in [2.05, 4.69) is 20.4 Å². The van der Waals surface area contributed by atoms with Crippen LogP contribution >= 0.6 is 0 Å². The van der Waals surface area contributed by atoms with Crippen LogP contribution in [0, 0.1) is 6.92 Å². The van der Waals surface area contributed by atoms with Crippen molar-refractivity contribution < 1.29 is 22.8 Å². The highest BCUT2D eigenvalue weighted by Crippen LogP contribution is 2.33. The van der Waals surface area contributed by atoms with Gasteiger partial charge >= 0.3 is 12.2 Å². The number of alkyl halides is 3. The number of aryl methyl sites for hydroxylation is 2. The maximum absolute atomic E-state index is 13.4. The van der Waals surface area contributed by atoms with Gasteiger partial charge in [-0.05, 0) is 43.3 Å². The van der Waals surface area contributed by atoms with Gasteiger partial charge in [0.15, 0.2) is 0 Å². The van der Waals surface area contributed by atoms with Gasteiger partial charge in [-0.25, -0.2) is 9.78 Å². The molecular formula is C27H25F3N8O2. The topological polar surface area (TPSA) is 99.5 Å². The van der Waals surface area contributed by atoms with E-state index < -0.39 is 17.6 Å². The number of rotatable bonds is 5. The predicted octanol–water partition coefficient (Wildman–Crippen LogP) is 5.13. The molecule has 0 saturated heterocycles. The summed E-state index contributed by atoms with van der Waals surface area (Å²) in [7, 11) is 4.86. The molecule has 3 amide bonds. The molecule has 0 spiro atoms. The van der Waals surface area contributed by atoms with E-state index in [0.29, 0.717) is 34.5 Å². The number of carbonyl (C=O) groups is 2. The molecule has 0 bridgehead atoms. The van der Waals surface area contributed by atoms with Crippen molar-refractivity contribution in [3.8, 4) is 0 Å². The fourth-order valence-corrected chi connectivity index (χ4v) is 4.42. The third-order valence-electron chi connectivity index (χ3n) is 6.52. The zero-order valence-corrected chi connectivity index (χ0v) is 22.1. The van der Waals surface area contributed by atoms with Crippen LogP contribution in [0.5, 0.6) is 0 Å². The molecule has 13 heteroatoms. The average Bonchev–Trinajstić information content (AvgIpc) is 3.25. The summed E-state index contributed by atoms with van der Waals surface area (Å²) in [5.74, 6) is 0.842. The fraction of sp³-hybridized carbons (Fsp3) is 0.222. The van der Waals surface area contributed by atoms with Crippen molar-refractivity contribution in [3.05, 3.63) is 83.2 Å². The van der Waals surface area contributed by atoms with Gasteiger partial charge in [-0.2, -0.15) is 23.3 Å². The first-order valence-electron chi connectivity index (χ1n) is 12.2. The molecular weight excluding hydrogens is 525 g/mol. The Morgan fingerprint density at radius 3 is 2.52 bits per heavy atom. The molecule has 2 aromatic heterocycles. The first kappa shape index (κ1) is 26.7. The van der Waals surface area contributed by atoms with Crippen molar-refractivity contribution >= 4 is 40.9 Å². The Balaban J connectivity index is 1.38. The standard InChI is InChI=1S/C27H25F3N8O2/c1-16-11-22(37(4)34-16)32-25-31-14-18-15-38(26(40)36(3)23(18)33-25)21-10-6-9-20(13-21)35(2)24(39)17-7-5-8-19(12-17)27(28,29)30/h5-14H,15H2,1-4H3,(H,31,32,33). The minimum absolute atomic E-state index is 0.103. The molecule has 5 rings (SSSR count). The van der Waals surface area contributed by atoms with Crippen LogP contribution in [0.25, 0.3) is 0 Å². The van der Waals surface area contributed by atoms with E-state index >= 15 is 0 Å². The highest BCUT2D eigenvalue weighted by Gasteiger charge is 2.32. The Labute approximate surface area is 227 Å². The summed E-state index contributed by atoms with van der Waals surface area (Å²) in [6.45, 7) is 2.05. The van der Waals surface area contributed by atoms with Crippen molar-refractivity contribution in [2.24, 2.45) is 7.05 Å². The number of aromatic nitrogens is 4. The first-order chi connectivity index (χ1) is 18.9. The average molecular weight is 551 g/mol. The second kappa shape index (κ2) is 9.98. The minimum Gasteiger partial charge on any atom is -0.311 e. The molecule has 0 saturated carbocycles. The quantitative estimate of drug-likeness (QED) is 0.370. The Kier molecular flexibility index (Phi) is 6.65. The maximum atomic E-state index is 13.4. The van der Waals surface area contributed by atoms with Crippen LogP contribution in [0.2, 0.25) is 0 Å². The van der Waals surface area contributed by atoms with Crippen molar-refractivity contribution in [1.82, 2.24) is 19.7 Å².